The highest BCUT2D eigenvalue weighted by molar-refractivity contribution is 6.39. The molecule has 2 rings (SSSR count). The van der Waals surface area contributed by atoms with E-state index in [4.69, 9.17) is 4.74 Å². The van der Waals surface area contributed by atoms with Crippen LogP contribution in [0, 0.1) is 0 Å². The normalized spacial score (nSPS) is 15.6. The molecule has 2 N–H and O–H groups in total. The van der Waals surface area contributed by atoms with E-state index >= 15 is 0 Å². The largest absolute Gasteiger partial charge is 0.379 e. The van der Waals surface area contributed by atoms with E-state index in [0.717, 1.165) is 13.1 Å². The number of carbonyl (C=O) groups is 2. The summed E-state index contributed by atoms with van der Waals surface area (Å²) in [6.07, 6.45) is 2.97. The van der Waals surface area contributed by atoms with Crippen LogP contribution in [0.4, 0.5) is 5.95 Å². The number of hydrogen-bond donors (Lipinski definition) is 2. The molecule has 0 saturated carbocycles. The summed E-state index contributed by atoms with van der Waals surface area (Å²) in [4.78, 5) is 32.9. The summed E-state index contributed by atoms with van der Waals surface area (Å²) in [5.41, 5.74) is 0. The smallest absolute Gasteiger partial charge is 0.316 e. The molecule has 108 valence electrons. The summed E-state index contributed by atoms with van der Waals surface area (Å²) in [7, 11) is 0. The molecular weight excluding hydrogens is 262 g/mol. The molecule has 0 unspecified atom stereocenters. The Morgan fingerprint density at radius 1 is 1.20 bits per heavy atom. The second-order valence-corrected chi connectivity index (χ2v) is 4.24. The van der Waals surface area contributed by atoms with Gasteiger partial charge in [-0.15, -0.1) is 0 Å². The molecule has 0 spiro atoms. The van der Waals surface area contributed by atoms with Crippen LogP contribution in [0.2, 0.25) is 0 Å². The van der Waals surface area contributed by atoms with Gasteiger partial charge in [0.2, 0.25) is 5.95 Å². The molecule has 0 radical (unpaired) electrons. The molecule has 2 amide bonds. The van der Waals surface area contributed by atoms with E-state index in [1.54, 1.807) is 6.07 Å². The summed E-state index contributed by atoms with van der Waals surface area (Å²) >= 11 is 0. The van der Waals surface area contributed by atoms with Crippen molar-refractivity contribution in [3.8, 4) is 0 Å². The quantitative estimate of drug-likeness (QED) is 0.677. The fourth-order valence-corrected chi connectivity index (χ4v) is 1.75. The third-order valence-electron chi connectivity index (χ3n) is 2.81. The zero-order chi connectivity index (χ0) is 14.2. The van der Waals surface area contributed by atoms with Crippen molar-refractivity contribution < 1.29 is 14.3 Å². The number of ether oxygens (including phenoxy) is 1. The van der Waals surface area contributed by atoms with Gasteiger partial charge in [0.05, 0.1) is 13.2 Å². The topological polar surface area (TPSA) is 96.5 Å². The second-order valence-electron chi connectivity index (χ2n) is 4.24. The zero-order valence-corrected chi connectivity index (χ0v) is 11.0. The van der Waals surface area contributed by atoms with E-state index in [1.165, 1.54) is 12.4 Å². The van der Waals surface area contributed by atoms with E-state index in [1.807, 2.05) is 0 Å². The molecule has 8 nitrogen and oxygen atoms in total. The lowest BCUT2D eigenvalue weighted by atomic mass is 10.4. The van der Waals surface area contributed by atoms with E-state index in [-0.39, 0.29) is 5.95 Å². The molecule has 1 aliphatic heterocycles. The fourth-order valence-electron chi connectivity index (χ4n) is 1.75. The van der Waals surface area contributed by atoms with Crippen LogP contribution in [0.3, 0.4) is 0 Å². The minimum atomic E-state index is -0.766. The highest BCUT2D eigenvalue weighted by atomic mass is 16.5. The van der Waals surface area contributed by atoms with Crippen LogP contribution >= 0.6 is 0 Å². The Morgan fingerprint density at radius 3 is 2.60 bits per heavy atom. The van der Waals surface area contributed by atoms with Gasteiger partial charge in [-0.3, -0.25) is 19.8 Å². The maximum Gasteiger partial charge on any atom is 0.316 e. The monoisotopic (exact) mass is 279 g/mol. The first-order chi connectivity index (χ1) is 9.75. The highest BCUT2D eigenvalue weighted by Gasteiger charge is 2.15. The van der Waals surface area contributed by atoms with Gasteiger partial charge in [-0.25, -0.2) is 9.97 Å². The van der Waals surface area contributed by atoms with Crippen LogP contribution in [-0.4, -0.2) is 66.1 Å². The first-order valence-electron chi connectivity index (χ1n) is 6.42. The van der Waals surface area contributed by atoms with E-state index in [9.17, 15) is 9.59 Å². The molecule has 0 bridgehead atoms. The number of anilines is 1. The van der Waals surface area contributed by atoms with E-state index < -0.39 is 11.8 Å². The summed E-state index contributed by atoms with van der Waals surface area (Å²) < 4.78 is 5.22. The maximum absolute atomic E-state index is 11.6. The number of amides is 2. The first-order valence-corrected chi connectivity index (χ1v) is 6.42. The van der Waals surface area contributed by atoms with Crippen LogP contribution in [-0.2, 0) is 14.3 Å². The predicted octanol–water partition coefficient (Wildman–Crippen LogP) is -1.14. The molecule has 8 heteroatoms. The number of morpholine rings is 1. The fraction of sp³-hybridized carbons (Fsp3) is 0.500. The lowest BCUT2D eigenvalue weighted by molar-refractivity contribution is -0.136. The first kappa shape index (κ1) is 14.4. The van der Waals surface area contributed by atoms with Crippen molar-refractivity contribution in [2.24, 2.45) is 0 Å². The summed E-state index contributed by atoms with van der Waals surface area (Å²) in [5, 5.41) is 4.88. The average Bonchev–Trinajstić information content (AvgIpc) is 2.49. The number of nitrogens with zero attached hydrogens (tertiary/aromatic N) is 3. The van der Waals surface area contributed by atoms with Gasteiger partial charge >= 0.3 is 11.8 Å². The van der Waals surface area contributed by atoms with Gasteiger partial charge in [0, 0.05) is 38.6 Å². The van der Waals surface area contributed by atoms with Crippen molar-refractivity contribution in [1.29, 1.82) is 0 Å². The summed E-state index contributed by atoms with van der Waals surface area (Å²) in [6.45, 7) is 4.23. The molecule has 1 aromatic rings. The van der Waals surface area contributed by atoms with Gasteiger partial charge in [0.25, 0.3) is 0 Å². The second kappa shape index (κ2) is 7.51. The molecular formula is C12H17N5O3. The molecule has 20 heavy (non-hydrogen) atoms. The van der Waals surface area contributed by atoms with Crippen molar-refractivity contribution in [2.45, 2.75) is 0 Å². The lowest BCUT2D eigenvalue weighted by Crippen LogP contribution is -2.43. The van der Waals surface area contributed by atoms with Crippen LogP contribution < -0.4 is 10.6 Å². The number of rotatable bonds is 4. The average molecular weight is 279 g/mol. The summed E-state index contributed by atoms with van der Waals surface area (Å²) in [5.74, 6) is -1.34. The molecule has 0 aliphatic carbocycles. The summed E-state index contributed by atoms with van der Waals surface area (Å²) in [6, 6.07) is 1.62. The number of hydrogen-bond acceptors (Lipinski definition) is 6. The lowest BCUT2D eigenvalue weighted by Gasteiger charge is -2.26. The Labute approximate surface area is 116 Å². The Balaban J connectivity index is 1.67. The van der Waals surface area contributed by atoms with Crippen molar-refractivity contribution >= 4 is 17.8 Å². The molecule has 1 saturated heterocycles. The van der Waals surface area contributed by atoms with Gasteiger partial charge in [-0.05, 0) is 6.07 Å². The van der Waals surface area contributed by atoms with Gasteiger partial charge in [0.15, 0.2) is 0 Å². The Morgan fingerprint density at radius 2 is 1.90 bits per heavy atom. The van der Waals surface area contributed by atoms with Crippen molar-refractivity contribution in [3.63, 3.8) is 0 Å². The molecule has 2 heterocycles. The van der Waals surface area contributed by atoms with Gasteiger partial charge in [0.1, 0.15) is 0 Å². The van der Waals surface area contributed by atoms with E-state index in [0.29, 0.717) is 26.3 Å². The van der Waals surface area contributed by atoms with Crippen LogP contribution in [0.15, 0.2) is 18.5 Å². The molecule has 1 aromatic heterocycles. The third-order valence-corrected chi connectivity index (χ3v) is 2.81. The number of aromatic nitrogens is 2. The van der Waals surface area contributed by atoms with Crippen molar-refractivity contribution in [3.05, 3.63) is 18.5 Å². The van der Waals surface area contributed by atoms with Gasteiger partial charge in [-0.2, -0.15) is 0 Å². The molecule has 1 fully saturated rings. The van der Waals surface area contributed by atoms with Gasteiger partial charge in [-0.1, -0.05) is 0 Å². The van der Waals surface area contributed by atoms with Crippen LogP contribution in [0.25, 0.3) is 0 Å². The van der Waals surface area contributed by atoms with Crippen molar-refractivity contribution in [1.82, 2.24) is 20.2 Å². The predicted molar refractivity (Wildman–Crippen MR) is 70.9 cm³/mol. The SMILES string of the molecule is O=C(NCCN1CCOCC1)C(=O)Nc1ncccn1. The number of nitrogens with one attached hydrogen (secondary N) is 2. The van der Waals surface area contributed by atoms with Crippen LogP contribution in [0.5, 0.6) is 0 Å². The Hall–Kier alpha value is -2.06. The maximum atomic E-state index is 11.6. The highest BCUT2D eigenvalue weighted by Crippen LogP contribution is 1.95. The Bertz CT molecular complexity index is 448. The number of carbonyl (C=O) groups excluding carboxylic acids is 2. The standard InChI is InChI=1S/C12H17N5O3/c18-10(11(19)16-12-14-2-1-3-15-12)13-4-5-17-6-8-20-9-7-17/h1-3H,4-9H2,(H,13,18)(H,14,15,16,19). The van der Waals surface area contributed by atoms with Crippen molar-refractivity contribution in [2.75, 3.05) is 44.7 Å². The Kier molecular flexibility index (Phi) is 5.39. The molecule has 1 aliphatic rings. The van der Waals surface area contributed by atoms with E-state index in [2.05, 4.69) is 25.5 Å². The minimum absolute atomic E-state index is 0.112. The minimum Gasteiger partial charge on any atom is -0.379 e. The molecule has 0 aromatic carbocycles. The zero-order valence-electron chi connectivity index (χ0n) is 11.0. The van der Waals surface area contributed by atoms with Gasteiger partial charge < -0.3 is 10.1 Å². The molecule has 0 atom stereocenters. The van der Waals surface area contributed by atoms with Crippen LogP contribution in [0.1, 0.15) is 0 Å². The third kappa shape index (κ3) is 4.56.